The van der Waals surface area contributed by atoms with E-state index in [4.69, 9.17) is 4.74 Å². The first kappa shape index (κ1) is 16.6. The Morgan fingerprint density at radius 1 is 1.23 bits per heavy atom. The molecule has 0 atom stereocenters. The SMILES string of the molecule is CCc1ccc(N2CCN(C(=O)OC(C)(C)C)CC2)cc1F. The highest BCUT2D eigenvalue weighted by molar-refractivity contribution is 5.68. The Balaban J connectivity index is 1.94. The van der Waals surface area contributed by atoms with Crippen molar-refractivity contribution in [3.8, 4) is 0 Å². The van der Waals surface area contributed by atoms with Crippen molar-refractivity contribution < 1.29 is 13.9 Å². The number of amides is 1. The van der Waals surface area contributed by atoms with Crippen LogP contribution in [0.25, 0.3) is 0 Å². The maximum atomic E-state index is 13.9. The molecule has 0 saturated carbocycles. The Morgan fingerprint density at radius 2 is 1.86 bits per heavy atom. The van der Waals surface area contributed by atoms with Gasteiger partial charge in [0.2, 0.25) is 0 Å². The van der Waals surface area contributed by atoms with E-state index in [-0.39, 0.29) is 11.9 Å². The zero-order valence-corrected chi connectivity index (χ0v) is 13.9. The highest BCUT2D eigenvalue weighted by Crippen LogP contribution is 2.21. The van der Waals surface area contributed by atoms with Crippen LogP contribution in [0.3, 0.4) is 0 Å². The zero-order valence-electron chi connectivity index (χ0n) is 13.9. The number of anilines is 1. The minimum Gasteiger partial charge on any atom is -0.444 e. The van der Waals surface area contributed by atoms with Crippen molar-refractivity contribution in [2.24, 2.45) is 0 Å². The molecule has 4 nitrogen and oxygen atoms in total. The fourth-order valence-electron chi connectivity index (χ4n) is 2.49. The summed E-state index contributed by atoms with van der Waals surface area (Å²) in [4.78, 5) is 15.8. The molecule has 0 radical (unpaired) electrons. The molecule has 1 fully saturated rings. The number of hydrogen-bond acceptors (Lipinski definition) is 3. The number of hydrogen-bond donors (Lipinski definition) is 0. The summed E-state index contributed by atoms with van der Waals surface area (Å²) >= 11 is 0. The Labute approximate surface area is 131 Å². The van der Waals surface area contributed by atoms with E-state index in [1.54, 1.807) is 11.0 Å². The summed E-state index contributed by atoms with van der Waals surface area (Å²) in [6.45, 7) is 10.1. The molecule has 1 heterocycles. The Hall–Kier alpha value is -1.78. The molecule has 22 heavy (non-hydrogen) atoms. The number of rotatable bonds is 2. The van der Waals surface area contributed by atoms with E-state index in [1.807, 2.05) is 39.8 Å². The van der Waals surface area contributed by atoms with Crippen molar-refractivity contribution in [1.29, 1.82) is 0 Å². The van der Waals surface area contributed by atoms with Gasteiger partial charge in [-0.25, -0.2) is 9.18 Å². The predicted molar refractivity (Wildman–Crippen MR) is 85.8 cm³/mol. The summed E-state index contributed by atoms with van der Waals surface area (Å²) in [7, 11) is 0. The summed E-state index contributed by atoms with van der Waals surface area (Å²) in [5.74, 6) is -0.158. The number of ether oxygens (including phenoxy) is 1. The Morgan fingerprint density at radius 3 is 2.36 bits per heavy atom. The summed E-state index contributed by atoms with van der Waals surface area (Å²) < 4.78 is 19.3. The van der Waals surface area contributed by atoms with Gasteiger partial charge in [-0.05, 0) is 44.9 Å². The molecule has 0 spiro atoms. The molecular weight excluding hydrogens is 283 g/mol. The highest BCUT2D eigenvalue weighted by Gasteiger charge is 2.26. The highest BCUT2D eigenvalue weighted by atomic mass is 19.1. The van der Waals surface area contributed by atoms with Crippen LogP contribution in [-0.4, -0.2) is 42.8 Å². The largest absolute Gasteiger partial charge is 0.444 e. The molecule has 122 valence electrons. The van der Waals surface area contributed by atoms with Crippen LogP contribution < -0.4 is 4.90 Å². The van der Waals surface area contributed by atoms with Gasteiger partial charge in [0.05, 0.1) is 0 Å². The van der Waals surface area contributed by atoms with Gasteiger partial charge in [-0.2, -0.15) is 0 Å². The molecular formula is C17H25FN2O2. The first-order valence-electron chi connectivity index (χ1n) is 7.81. The van der Waals surface area contributed by atoms with Crippen LogP contribution in [0.1, 0.15) is 33.3 Å². The van der Waals surface area contributed by atoms with Crippen molar-refractivity contribution in [2.75, 3.05) is 31.1 Å². The van der Waals surface area contributed by atoms with Gasteiger partial charge in [0.1, 0.15) is 11.4 Å². The lowest BCUT2D eigenvalue weighted by Crippen LogP contribution is -2.50. The maximum absolute atomic E-state index is 13.9. The minimum atomic E-state index is -0.479. The lowest BCUT2D eigenvalue weighted by Gasteiger charge is -2.36. The minimum absolute atomic E-state index is 0.158. The van der Waals surface area contributed by atoms with Gasteiger partial charge in [0.15, 0.2) is 0 Å². The van der Waals surface area contributed by atoms with Crippen LogP contribution in [0.4, 0.5) is 14.9 Å². The molecule has 1 amide bonds. The van der Waals surface area contributed by atoms with Gasteiger partial charge in [-0.15, -0.1) is 0 Å². The summed E-state index contributed by atoms with van der Waals surface area (Å²) in [6, 6.07) is 5.37. The van der Waals surface area contributed by atoms with Crippen LogP contribution in [0.5, 0.6) is 0 Å². The third kappa shape index (κ3) is 4.12. The molecule has 0 unspecified atom stereocenters. The van der Waals surface area contributed by atoms with Crippen LogP contribution in [0.15, 0.2) is 18.2 Å². The van der Waals surface area contributed by atoms with E-state index in [1.165, 1.54) is 0 Å². The number of carbonyl (C=O) groups excluding carboxylic acids is 1. The van der Waals surface area contributed by atoms with E-state index >= 15 is 0 Å². The monoisotopic (exact) mass is 308 g/mol. The molecule has 1 aliphatic rings. The molecule has 0 bridgehead atoms. The van der Waals surface area contributed by atoms with E-state index in [0.717, 1.165) is 11.3 Å². The van der Waals surface area contributed by atoms with Crippen molar-refractivity contribution in [3.63, 3.8) is 0 Å². The van der Waals surface area contributed by atoms with Crippen LogP contribution in [-0.2, 0) is 11.2 Å². The van der Waals surface area contributed by atoms with Gasteiger partial charge in [-0.3, -0.25) is 0 Å². The lowest BCUT2D eigenvalue weighted by molar-refractivity contribution is 0.0240. The second-order valence-electron chi connectivity index (χ2n) is 6.58. The molecule has 1 aliphatic heterocycles. The lowest BCUT2D eigenvalue weighted by atomic mass is 10.1. The van der Waals surface area contributed by atoms with E-state index in [2.05, 4.69) is 4.90 Å². The van der Waals surface area contributed by atoms with E-state index in [0.29, 0.717) is 32.6 Å². The molecule has 5 heteroatoms. The van der Waals surface area contributed by atoms with Crippen molar-refractivity contribution >= 4 is 11.8 Å². The van der Waals surface area contributed by atoms with Crippen molar-refractivity contribution in [1.82, 2.24) is 4.90 Å². The van der Waals surface area contributed by atoms with Crippen LogP contribution in [0, 0.1) is 5.82 Å². The van der Waals surface area contributed by atoms with Crippen LogP contribution in [0.2, 0.25) is 0 Å². The third-order valence-electron chi connectivity index (χ3n) is 3.71. The first-order chi connectivity index (χ1) is 10.3. The van der Waals surface area contributed by atoms with Crippen molar-refractivity contribution in [3.05, 3.63) is 29.6 Å². The molecule has 1 saturated heterocycles. The topological polar surface area (TPSA) is 32.8 Å². The van der Waals surface area contributed by atoms with Gasteiger partial charge in [0, 0.05) is 31.9 Å². The van der Waals surface area contributed by atoms with E-state index < -0.39 is 5.60 Å². The van der Waals surface area contributed by atoms with Crippen molar-refractivity contribution in [2.45, 2.75) is 39.7 Å². The maximum Gasteiger partial charge on any atom is 0.410 e. The number of benzene rings is 1. The first-order valence-corrected chi connectivity index (χ1v) is 7.81. The number of piperazine rings is 1. The zero-order chi connectivity index (χ0) is 16.3. The molecule has 1 aromatic carbocycles. The van der Waals surface area contributed by atoms with Gasteiger partial charge < -0.3 is 14.5 Å². The smallest absolute Gasteiger partial charge is 0.410 e. The average molecular weight is 308 g/mol. The Bertz CT molecular complexity index is 532. The van der Waals surface area contributed by atoms with E-state index in [9.17, 15) is 9.18 Å². The summed E-state index contributed by atoms with van der Waals surface area (Å²) in [6.07, 6.45) is 0.415. The van der Waals surface area contributed by atoms with Gasteiger partial charge in [-0.1, -0.05) is 13.0 Å². The van der Waals surface area contributed by atoms with Gasteiger partial charge >= 0.3 is 6.09 Å². The molecule has 2 rings (SSSR count). The predicted octanol–water partition coefficient (Wildman–Crippen LogP) is 3.45. The molecule has 0 aliphatic carbocycles. The third-order valence-corrected chi connectivity index (χ3v) is 3.71. The second kappa shape index (κ2) is 6.55. The second-order valence-corrected chi connectivity index (χ2v) is 6.58. The van der Waals surface area contributed by atoms with Crippen LogP contribution >= 0.6 is 0 Å². The normalized spacial score (nSPS) is 15.9. The fraction of sp³-hybridized carbons (Fsp3) is 0.588. The number of halogens is 1. The number of carbonyl (C=O) groups is 1. The standard InChI is InChI=1S/C17H25FN2O2/c1-5-13-6-7-14(12-15(13)18)19-8-10-20(11-9-19)16(21)22-17(2,3)4/h6-7,12H,5,8-11H2,1-4H3. The molecule has 0 N–H and O–H groups in total. The Kier molecular flexibility index (Phi) is 4.94. The molecule has 1 aromatic rings. The van der Waals surface area contributed by atoms with Gasteiger partial charge in [0.25, 0.3) is 0 Å². The average Bonchev–Trinajstić information content (AvgIpc) is 2.45. The number of nitrogens with zero attached hydrogens (tertiary/aromatic N) is 2. The number of aryl methyl sites for hydroxylation is 1. The quantitative estimate of drug-likeness (QED) is 0.839. The summed E-state index contributed by atoms with van der Waals surface area (Å²) in [5, 5.41) is 0. The molecule has 0 aromatic heterocycles. The fourth-order valence-corrected chi connectivity index (χ4v) is 2.49. The summed E-state index contributed by atoms with van der Waals surface area (Å²) in [5.41, 5.74) is 1.13.